The molecule has 0 saturated heterocycles. The van der Waals surface area contributed by atoms with Crippen molar-refractivity contribution in [2.45, 2.75) is 25.8 Å². The number of carbonyl (C=O) groups is 1. The average Bonchev–Trinajstić information content (AvgIpc) is 3.22. The minimum absolute atomic E-state index is 0.125. The van der Waals surface area contributed by atoms with Gasteiger partial charge >= 0.3 is 0 Å². The lowest BCUT2D eigenvalue weighted by molar-refractivity contribution is 0.102. The molecule has 0 bridgehead atoms. The van der Waals surface area contributed by atoms with Crippen LogP contribution in [-0.4, -0.2) is 30.2 Å². The summed E-state index contributed by atoms with van der Waals surface area (Å²) in [5.41, 5.74) is 1.84. The molecule has 4 heterocycles. The van der Waals surface area contributed by atoms with E-state index in [1.165, 1.54) is 11.1 Å². The molecule has 4 rings (SSSR count). The van der Waals surface area contributed by atoms with E-state index in [0.717, 1.165) is 30.6 Å². The first kappa shape index (κ1) is 13.7. The topological polar surface area (TPSA) is 77.6 Å². The Morgan fingerprint density at radius 3 is 2.87 bits per heavy atom. The van der Waals surface area contributed by atoms with Crippen molar-refractivity contribution in [1.29, 1.82) is 0 Å². The van der Waals surface area contributed by atoms with Gasteiger partial charge < -0.3 is 9.88 Å². The number of nitrogens with zero attached hydrogens (tertiary/aromatic N) is 5. The first-order chi connectivity index (χ1) is 11.3. The molecule has 23 heavy (non-hydrogen) atoms. The van der Waals surface area contributed by atoms with Crippen LogP contribution in [0.25, 0.3) is 5.95 Å². The summed E-state index contributed by atoms with van der Waals surface area (Å²) in [6, 6.07) is 5.36. The van der Waals surface area contributed by atoms with E-state index in [9.17, 15) is 4.79 Å². The minimum Gasteiger partial charge on any atom is -0.351 e. The van der Waals surface area contributed by atoms with Crippen molar-refractivity contribution >= 4 is 11.7 Å². The monoisotopic (exact) mass is 308 g/mol. The van der Waals surface area contributed by atoms with Gasteiger partial charge in [-0.05, 0) is 31.4 Å². The number of rotatable bonds is 3. The van der Waals surface area contributed by atoms with Crippen LogP contribution in [0.2, 0.25) is 0 Å². The zero-order chi connectivity index (χ0) is 15.6. The van der Waals surface area contributed by atoms with Crippen LogP contribution >= 0.6 is 0 Å². The van der Waals surface area contributed by atoms with Gasteiger partial charge in [0.1, 0.15) is 0 Å². The molecule has 1 amide bonds. The number of aromatic nitrogens is 5. The van der Waals surface area contributed by atoms with Gasteiger partial charge in [0.25, 0.3) is 5.91 Å². The second-order valence-electron chi connectivity index (χ2n) is 5.48. The van der Waals surface area contributed by atoms with Crippen molar-refractivity contribution in [1.82, 2.24) is 24.3 Å². The number of nitrogens with one attached hydrogen (secondary N) is 1. The van der Waals surface area contributed by atoms with Crippen LogP contribution in [0.3, 0.4) is 0 Å². The lowest BCUT2D eigenvalue weighted by atomic mass is 10.1. The SMILES string of the molecule is O=C(Nc1ccn(-c2ncccn2)n1)c1ccn2c1CCCC2. The molecule has 0 radical (unpaired) electrons. The van der Waals surface area contributed by atoms with Gasteiger partial charge in [0.15, 0.2) is 5.82 Å². The Balaban J connectivity index is 1.53. The number of aryl methyl sites for hydroxylation is 1. The Labute approximate surface area is 133 Å². The predicted molar refractivity (Wildman–Crippen MR) is 84.5 cm³/mol. The van der Waals surface area contributed by atoms with Crippen molar-refractivity contribution < 1.29 is 4.79 Å². The lowest BCUT2D eigenvalue weighted by Crippen LogP contribution is -2.17. The van der Waals surface area contributed by atoms with E-state index in [0.29, 0.717) is 11.8 Å². The summed E-state index contributed by atoms with van der Waals surface area (Å²) in [5, 5.41) is 7.14. The summed E-state index contributed by atoms with van der Waals surface area (Å²) in [6.07, 6.45) is 10.3. The summed E-state index contributed by atoms with van der Waals surface area (Å²) < 4.78 is 3.69. The fourth-order valence-electron chi connectivity index (χ4n) is 2.87. The van der Waals surface area contributed by atoms with E-state index in [1.807, 2.05) is 12.3 Å². The van der Waals surface area contributed by atoms with Gasteiger partial charge in [-0.2, -0.15) is 0 Å². The zero-order valence-electron chi connectivity index (χ0n) is 12.5. The molecule has 1 aliphatic rings. The number of fused-ring (bicyclic) bond motifs is 1. The maximum Gasteiger partial charge on any atom is 0.258 e. The van der Waals surface area contributed by atoms with Crippen LogP contribution < -0.4 is 5.32 Å². The number of amides is 1. The van der Waals surface area contributed by atoms with Crippen molar-refractivity contribution in [2.24, 2.45) is 0 Å². The van der Waals surface area contributed by atoms with E-state index in [2.05, 4.69) is 25.0 Å². The summed E-state index contributed by atoms with van der Waals surface area (Å²) in [5.74, 6) is 0.826. The van der Waals surface area contributed by atoms with Gasteiger partial charge in [-0.3, -0.25) is 4.79 Å². The first-order valence-electron chi connectivity index (χ1n) is 7.64. The normalized spacial score (nSPS) is 13.6. The van der Waals surface area contributed by atoms with Crippen LogP contribution in [0, 0.1) is 0 Å². The van der Waals surface area contributed by atoms with Gasteiger partial charge in [-0.15, -0.1) is 5.10 Å². The van der Waals surface area contributed by atoms with E-state index < -0.39 is 0 Å². The van der Waals surface area contributed by atoms with Crippen LogP contribution in [0.15, 0.2) is 43.0 Å². The first-order valence-corrected chi connectivity index (χ1v) is 7.64. The van der Waals surface area contributed by atoms with E-state index in [-0.39, 0.29) is 5.91 Å². The average molecular weight is 308 g/mol. The smallest absolute Gasteiger partial charge is 0.258 e. The fraction of sp³-hybridized carbons (Fsp3) is 0.250. The Morgan fingerprint density at radius 1 is 1.13 bits per heavy atom. The second-order valence-corrected chi connectivity index (χ2v) is 5.48. The van der Waals surface area contributed by atoms with Gasteiger partial charge in [-0.1, -0.05) is 0 Å². The maximum atomic E-state index is 12.5. The number of hydrogen-bond donors (Lipinski definition) is 1. The third-order valence-corrected chi connectivity index (χ3v) is 3.97. The summed E-state index contributed by atoms with van der Waals surface area (Å²) in [4.78, 5) is 20.7. The molecule has 0 atom stereocenters. The van der Waals surface area contributed by atoms with Crippen molar-refractivity contribution in [3.63, 3.8) is 0 Å². The summed E-state index contributed by atoms with van der Waals surface area (Å²) in [6.45, 7) is 0.989. The molecule has 0 fully saturated rings. The molecule has 3 aromatic rings. The highest BCUT2D eigenvalue weighted by Gasteiger charge is 2.19. The standard InChI is InChI=1S/C16H16N6O/c23-15(12-5-10-21-9-2-1-4-13(12)21)19-14-6-11-22(20-14)16-17-7-3-8-18-16/h3,5-8,10-11H,1-2,4,9H2,(H,19,20,23). The number of hydrogen-bond acceptors (Lipinski definition) is 4. The van der Waals surface area contributed by atoms with Gasteiger partial charge in [0.05, 0.1) is 5.56 Å². The van der Waals surface area contributed by atoms with E-state index in [4.69, 9.17) is 0 Å². The van der Waals surface area contributed by atoms with Crippen molar-refractivity contribution in [3.05, 3.63) is 54.2 Å². The highest BCUT2D eigenvalue weighted by molar-refractivity contribution is 6.04. The molecule has 0 spiro atoms. The molecule has 0 aliphatic carbocycles. The third-order valence-electron chi connectivity index (χ3n) is 3.97. The van der Waals surface area contributed by atoms with Gasteiger partial charge in [-0.25, -0.2) is 14.6 Å². The highest BCUT2D eigenvalue weighted by Crippen LogP contribution is 2.21. The van der Waals surface area contributed by atoms with Gasteiger partial charge in [0, 0.05) is 43.1 Å². The lowest BCUT2D eigenvalue weighted by Gasteiger charge is -2.16. The summed E-state index contributed by atoms with van der Waals surface area (Å²) >= 11 is 0. The van der Waals surface area contributed by atoms with Crippen molar-refractivity contribution in [2.75, 3.05) is 5.32 Å². The molecular formula is C16H16N6O. The molecule has 1 N–H and O–H groups in total. The molecule has 0 unspecified atom stereocenters. The molecular weight excluding hydrogens is 292 g/mol. The molecule has 116 valence electrons. The van der Waals surface area contributed by atoms with Crippen LogP contribution in [0.4, 0.5) is 5.82 Å². The largest absolute Gasteiger partial charge is 0.351 e. The van der Waals surface area contributed by atoms with Crippen molar-refractivity contribution in [3.8, 4) is 5.95 Å². The Bertz CT molecular complexity index is 835. The van der Waals surface area contributed by atoms with Crippen LogP contribution in [-0.2, 0) is 13.0 Å². The van der Waals surface area contributed by atoms with Crippen LogP contribution in [0.1, 0.15) is 28.9 Å². The Kier molecular flexibility index (Phi) is 3.38. The number of carbonyl (C=O) groups excluding carboxylic acids is 1. The van der Waals surface area contributed by atoms with Crippen LogP contribution in [0.5, 0.6) is 0 Å². The fourth-order valence-corrected chi connectivity index (χ4v) is 2.87. The predicted octanol–water partition coefficient (Wildman–Crippen LogP) is 2.05. The zero-order valence-corrected chi connectivity index (χ0v) is 12.5. The third kappa shape index (κ3) is 2.61. The molecule has 0 saturated carbocycles. The highest BCUT2D eigenvalue weighted by atomic mass is 16.1. The minimum atomic E-state index is -0.125. The molecule has 0 aromatic carbocycles. The molecule has 3 aromatic heterocycles. The number of anilines is 1. The Hall–Kier alpha value is -2.96. The maximum absolute atomic E-state index is 12.5. The van der Waals surface area contributed by atoms with Gasteiger partial charge in [0.2, 0.25) is 5.95 Å². The quantitative estimate of drug-likeness (QED) is 0.803. The Morgan fingerprint density at radius 2 is 2.00 bits per heavy atom. The van der Waals surface area contributed by atoms with E-state index >= 15 is 0 Å². The molecule has 1 aliphatic heterocycles. The summed E-state index contributed by atoms with van der Waals surface area (Å²) in [7, 11) is 0. The molecule has 7 heteroatoms. The van der Waals surface area contributed by atoms with E-state index in [1.54, 1.807) is 30.7 Å². The second kappa shape index (κ2) is 5.68. The molecule has 7 nitrogen and oxygen atoms in total.